The molecule has 2 heterocycles. The van der Waals surface area contributed by atoms with Gasteiger partial charge in [0.1, 0.15) is 0 Å². The van der Waals surface area contributed by atoms with E-state index in [-0.39, 0.29) is 5.91 Å². The number of hydrogen-bond acceptors (Lipinski definition) is 3. The molecule has 2 aliphatic heterocycles. The molecule has 4 unspecified atom stereocenters. The summed E-state index contributed by atoms with van der Waals surface area (Å²) in [5, 5.41) is 10.5. The lowest BCUT2D eigenvalue weighted by molar-refractivity contribution is -0.125. The topological polar surface area (TPSA) is 43.8 Å². The number of likely N-dealkylation sites (N-methyl/N-ethyl adjacent to an activating group) is 1. The molecule has 2 saturated carbocycles. The van der Waals surface area contributed by atoms with E-state index < -0.39 is 0 Å². The van der Waals surface area contributed by atoms with Gasteiger partial charge in [-0.15, -0.1) is 0 Å². The summed E-state index contributed by atoms with van der Waals surface area (Å²) in [6, 6.07) is 0.861. The van der Waals surface area contributed by atoms with Gasteiger partial charge < -0.3 is 14.9 Å². The Hall–Kier alpha value is -1.97. The SMILES string of the molecule is CN1C(=O)C(=CC=CC=CC2=C(O)N(C)C3CCCCC23)C2CCCCC21. The first-order chi connectivity index (χ1) is 13.1. The van der Waals surface area contributed by atoms with Crippen LogP contribution in [0.3, 0.4) is 0 Å². The molecular weight excluding hydrogens is 336 g/mol. The molecule has 4 atom stereocenters. The molecule has 2 aliphatic carbocycles. The molecule has 0 radical (unpaired) electrons. The van der Waals surface area contributed by atoms with E-state index in [1.54, 1.807) is 0 Å². The van der Waals surface area contributed by atoms with Gasteiger partial charge in [-0.2, -0.15) is 0 Å². The predicted molar refractivity (Wildman–Crippen MR) is 108 cm³/mol. The third-order valence-corrected chi connectivity index (χ3v) is 7.19. The lowest BCUT2D eigenvalue weighted by Gasteiger charge is -2.31. The maximum atomic E-state index is 12.5. The van der Waals surface area contributed by atoms with Gasteiger partial charge in [0.05, 0.1) is 0 Å². The van der Waals surface area contributed by atoms with Crippen molar-refractivity contribution in [3.05, 3.63) is 47.4 Å². The highest BCUT2D eigenvalue weighted by Gasteiger charge is 2.42. The van der Waals surface area contributed by atoms with E-state index in [2.05, 4.69) is 6.08 Å². The molecule has 1 saturated heterocycles. The average Bonchev–Trinajstić information content (AvgIpc) is 3.08. The molecule has 0 bridgehead atoms. The number of aliphatic hydroxyl groups excluding tert-OH is 1. The van der Waals surface area contributed by atoms with E-state index >= 15 is 0 Å². The highest BCUT2D eigenvalue weighted by molar-refractivity contribution is 5.97. The van der Waals surface area contributed by atoms with Crippen LogP contribution in [0.5, 0.6) is 0 Å². The minimum absolute atomic E-state index is 0.198. The van der Waals surface area contributed by atoms with Crippen LogP contribution in [0.1, 0.15) is 51.4 Å². The van der Waals surface area contributed by atoms with Crippen LogP contribution in [0.4, 0.5) is 0 Å². The molecule has 4 heteroatoms. The maximum Gasteiger partial charge on any atom is 0.250 e. The van der Waals surface area contributed by atoms with E-state index in [1.807, 2.05) is 48.2 Å². The quantitative estimate of drug-likeness (QED) is 0.596. The molecule has 27 heavy (non-hydrogen) atoms. The predicted octanol–water partition coefficient (Wildman–Crippen LogP) is 4.33. The third kappa shape index (κ3) is 3.24. The van der Waals surface area contributed by atoms with Gasteiger partial charge in [-0.05, 0) is 25.7 Å². The molecule has 4 nitrogen and oxygen atoms in total. The average molecular weight is 369 g/mol. The second-order valence-electron chi connectivity index (χ2n) is 8.59. The molecule has 4 rings (SSSR count). The number of hydrogen-bond donors (Lipinski definition) is 1. The zero-order valence-electron chi connectivity index (χ0n) is 16.6. The van der Waals surface area contributed by atoms with Crippen LogP contribution in [-0.2, 0) is 4.79 Å². The number of likely N-dealkylation sites (tertiary alicyclic amines) is 1. The number of carbonyl (C=O) groups excluding carboxylic acids is 1. The zero-order chi connectivity index (χ0) is 19.0. The number of rotatable bonds is 3. The molecule has 1 amide bonds. The van der Waals surface area contributed by atoms with Crippen LogP contribution in [0.2, 0.25) is 0 Å². The molecule has 3 fully saturated rings. The molecule has 1 N–H and O–H groups in total. The summed E-state index contributed by atoms with van der Waals surface area (Å²) >= 11 is 0. The van der Waals surface area contributed by atoms with Gasteiger partial charge in [-0.1, -0.05) is 56.1 Å². The van der Waals surface area contributed by atoms with E-state index in [9.17, 15) is 9.90 Å². The minimum atomic E-state index is 0.198. The number of carbonyl (C=O) groups is 1. The first-order valence-electron chi connectivity index (χ1n) is 10.6. The summed E-state index contributed by atoms with van der Waals surface area (Å²) < 4.78 is 0. The minimum Gasteiger partial charge on any atom is -0.494 e. The van der Waals surface area contributed by atoms with Gasteiger partial charge in [-0.25, -0.2) is 0 Å². The van der Waals surface area contributed by atoms with E-state index in [0.717, 1.165) is 30.4 Å². The molecule has 0 spiro atoms. The lowest BCUT2D eigenvalue weighted by Crippen LogP contribution is -2.33. The number of allylic oxidation sites excluding steroid dienone is 5. The Labute approximate surface area is 162 Å². The molecule has 4 aliphatic rings. The third-order valence-electron chi connectivity index (χ3n) is 7.19. The van der Waals surface area contributed by atoms with Crippen LogP contribution < -0.4 is 0 Å². The standard InChI is InChI=1S/C23H32N2O2/c1-24-20-14-8-6-10-16(20)18(22(24)26)12-4-3-5-13-19-17-11-7-9-15-21(17)25(2)23(19)27/h3-5,12-13,16-17,20-21,26H,6-11,14-15H2,1-2H3. The van der Waals surface area contributed by atoms with Crippen molar-refractivity contribution in [1.29, 1.82) is 0 Å². The van der Waals surface area contributed by atoms with Crippen molar-refractivity contribution in [3.8, 4) is 0 Å². The monoisotopic (exact) mass is 368 g/mol. The Morgan fingerprint density at radius 2 is 1.48 bits per heavy atom. The van der Waals surface area contributed by atoms with Crippen LogP contribution in [-0.4, -0.2) is 47.0 Å². The van der Waals surface area contributed by atoms with Crippen molar-refractivity contribution in [2.45, 2.75) is 63.5 Å². The van der Waals surface area contributed by atoms with Gasteiger partial charge in [0.15, 0.2) is 5.88 Å². The summed E-state index contributed by atoms with van der Waals surface area (Å²) in [5.74, 6) is 1.50. The fourth-order valence-electron chi connectivity index (χ4n) is 5.69. The molecule has 0 aromatic rings. The Balaban J connectivity index is 1.44. The van der Waals surface area contributed by atoms with Crippen LogP contribution >= 0.6 is 0 Å². The first kappa shape index (κ1) is 18.4. The van der Waals surface area contributed by atoms with Crippen molar-refractivity contribution in [2.75, 3.05) is 14.1 Å². The highest BCUT2D eigenvalue weighted by atomic mass is 16.3. The summed E-state index contributed by atoms with van der Waals surface area (Å²) in [7, 11) is 3.95. The smallest absolute Gasteiger partial charge is 0.250 e. The molecule has 0 aromatic heterocycles. The van der Waals surface area contributed by atoms with Gasteiger partial charge in [0.25, 0.3) is 0 Å². The van der Waals surface area contributed by atoms with E-state index in [0.29, 0.717) is 29.8 Å². The normalized spacial score (nSPS) is 35.8. The Morgan fingerprint density at radius 1 is 0.852 bits per heavy atom. The zero-order valence-corrected chi connectivity index (χ0v) is 16.6. The van der Waals surface area contributed by atoms with Gasteiger partial charge in [0.2, 0.25) is 5.91 Å². The number of nitrogens with zero attached hydrogens (tertiary/aromatic N) is 2. The molecular formula is C23H32N2O2. The first-order valence-corrected chi connectivity index (χ1v) is 10.6. The van der Waals surface area contributed by atoms with Gasteiger partial charge in [0, 0.05) is 49.2 Å². The summed E-state index contributed by atoms with van der Waals surface area (Å²) in [4.78, 5) is 16.5. The number of fused-ring (bicyclic) bond motifs is 2. The summed E-state index contributed by atoms with van der Waals surface area (Å²) in [6.07, 6.45) is 19.6. The summed E-state index contributed by atoms with van der Waals surface area (Å²) in [6.45, 7) is 0. The van der Waals surface area contributed by atoms with Gasteiger partial charge in [-0.3, -0.25) is 4.79 Å². The highest BCUT2D eigenvalue weighted by Crippen LogP contribution is 2.41. The van der Waals surface area contributed by atoms with Crippen molar-refractivity contribution in [2.24, 2.45) is 11.8 Å². The Bertz CT molecular complexity index is 718. The van der Waals surface area contributed by atoms with Crippen molar-refractivity contribution in [3.63, 3.8) is 0 Å². The van der Waals surface area contributed by atoms with E-state index in [1.165, 1.54) is 32.1 Å². The number of amides is 1. The second-order valence-corrected chi connectivity index (χ2v) is 8.59. The fraction of sp³-hybridized carbons (Fsp3) is 0.609. The number of aliphatic hydroxyl groups is 1. The van der Waals surface area contributed by atoms with Crippen molar-refractivity contribution in [1.82, 2.24) is 9.80 Å². The second kappa shape index (κ2) is 7.57. The molecule has 146 valence electrons. The Kier molecular flexibility index (Phi) is 5.16. The van der Waals surface area contributed by atoms with E-state index in [4.69, 9.17) is 0 Å². The molecule has 0 aromatic carbocycles. The van der Waals surface area contributed by atoms with Crippen LogP contribution in [0.25, 0.3) is 0 Å². The maximum absolute atomic E-state index is 12.5. The lowest BCUT2D eigenvalue weighted by atomic mass is 9.82. The van der Waals surface area contributed by atoms with Gasteiger partial charge >= 0.3 is 0 Å². The van der Waals surface area contributed by atoms with Crippen molar-refractivity contribution < 1.29 is 9.90 Å². The Morgan fingerprint density at radius 3 is 2.22 bits per heavy atom. The van der Waals surface area contributed by atoms with Crippen molar-refractivity contribution >= 4 is 5.91 Å². The van der Waals surface area contributed by atoms with Crippen LogP contribution in [0.15, 0.2) is 47.4 Å². The van der Waals surface area contributed by atoms with Crippen LogP contribution in [0, 0.1) is 11.8 Å². The largest absolute Gasteiger partial charge is 0.494 e. The fourth-order valence-corrected chi connectivity index (χ4v) is 5.69. The summed E-state index contributed by atoms with van der Waals surface area (Å²) in [5.41, 5.74) is 2.05.